The highest BCUT2D eigenvalue weighted by atomic mass is 16.5. The van der Waals surface area contributed by atoms with Crippen molar-refractivity contribution in [3.8, 4) is 11.5 Å². The number of methoxy groups -OCH3 is 1. The Hall–Kier alpha value is -2.99. The summed E-state index contributed by atoms with van der Waals surface area (Å²) in [6.07, 6.45) is 3.03. The largest absolute Gasteiger partial charge is 0.508 e. The number of carbonyl (C=O) groups is 1. The van der Waals surface area contributed by atoms with Gasteiger partial charge in [-0.2, -0.15) is 0 Å². The minimum atomic E-state index is -0.463. The first-order valence-electron chi connectivity index (χ1n) is 10.0. The molecule has 1 aliphatic heterocycles. The highest BCUT2D eigenvalue weighted by molar-refractivity contribution is 5.88. The van der Waals surface area contributed by atoms with Crippen LogP contribution >= 0.6 is 0 Å². The van der Waals surface area contributed by atoms with Crippen LogP contribution in [0.2, 0.25) is 0 Å². The summed E-state index contributed by atoms with van der Waals surface area (Å²) in [5, 5.41) is 14.4. The molecule has 2 aliphatic rings. The third-order valence-electron chi connectivity index (χ3n) is 5.85. The Bertz CT molecular complexity index is 1070. The maximum Gasteiger partial charge on any atom is 0.323 e. The van der Waals surface area contributed by atoms with Crippen LogP contribution in [0.5, 0.6) is 11.5 Å². The van der Waals surface area contributed by atoms with Crippen LogP contribution in [0.4, 0.5) is 0 Å². The number of benzene rings is 2. The van der Waals surface area contributed by atoms with Gasteiger partial charge in [-0.25, -0.2) is 0 Å². The second-order valence-electron chi connectivity index (χ2n) is 7.95. The summed E-state index contributed by atoms with van der Waals surface area (Å²) in [7, 11) is 1.40. The molecule has 2 unspecified atom stereocenters. The minimum absolute atomic E-state index is 0.193. The highest BCUT2D eigenvalue weighted by Gasteiger charge is 2.34. The maximum absolute atomic E-state index is 12.4. The Labute approximate surface area is 168 Å². The van der Waals surface area contributed by atoms with Crippen LogP contribution in [0, 0.1) is 5.92 Å². The van der Waals surface area contributed by atoms with Crippen LogP contribution in [0.3, 0.4) is 0 Å². The molecular weight excluding hydrogens is 368 g/mol. The molecule has 1 fully saturated rings. The van der Waals surface area contributed by atoms with Gasteiger partial charge in [0.1, 0.15) is 17.5 Å². The number of hydrogen-bond acceptors (Lipinski definition) is 5. The van der Waals surface area contributed by atoms with Gasteiger partial charge in [-0.15, -0.1) is 0 Å². The van der Waals surface area contributed by atoms with E-state index < -0.39 is 6.04 Å². The fraction of sp³-hybridized carbons (Fsp3) is 0.348. The molecule has 1 aromatic heterocycles. The molecule has 5 rings (SSSR count). The average molecular weight is 392 g/mol. The Morgan fingerprint density at radius 3 is 2.83 bits per heavy atom. The molecular formula is C23H24N2O4. The first-order chi connectivity index (χ1) is 14.1. The molecule has 1 aliphatic carbocycles. The molecule has 0 spiro atoms. The smallest absolute Gasteiger partial charge is 0.323 e. The van der Waals surface area contributed by atoms with Crippen molar-refractivity contribution in [3.63, 3.8) is 0 Å². The summed E-state index contributed by atoms with van der Waals surface area (Å²) >= 11 is 0. The zero-order valence-corrected chi connectivity index (χ0v) is 16.3. The Morgan fingerprint density at radius 1 is 1.21 bits per heavy atom. The summed E-state index contributed by atoms with van der Waals surface area (Å²) in [5.74, 6) is 1.44. The SMILES string of the molecule is COC(=O)C1Cc2c([nH]c3ccc(OCC4CC4)cc23)C(c2cccc(O)c2)N1. The lowest BCUT2D eigenvalue weighted by Crippen LogP contribution is -2.45. The number of phenols is 1. The van der Waals surface area contributed by atoms with Crippen LogP contribution in [0.15, 0.2) is 42.5 Å². The lowest BCUT2D eigenvalue weighted by atomic mass is 9.90. The van der Waals surface area contributed by atoms with E-state index in [9.17, 15) is 9.90 Å². The van der Waals surface area contributed by atoms with Crippen molar-refractivity contribution in [3.05, 3.63) is 59.3 Å². The number of aromatic amines is 1. The molecule has 3 aromatic rings. The van der Waals surface area contributed by atoms with Crippen LogP contribution in [-0.4, -0.2) is 35.8 Å². The third kappa shape index (κ3) is 3.44. The molecule has 6 heteroatoms. The summed E-state index contributed by atoms with van der Waals surface area (Å²) in [6, 6.07) is 12.5. The van der Waals surface area contributed by atoms with Gasteiger partial charge < -0.3 is 19.6 Å². The van der Waals surface area contributed by atoms with Gasteiger partial charge in [-0.05, 0) is 60.2 Å². The Balaban J connectivity index is 1.58. The van der Waals surface area contributed by atoms with E-state index in [0.29, 0.717) is 12.3 Å². The van der Waals surface area contributed by atoms with Crippen molar-refractivity contribution < 1.29 is 19.4 Å². The number of rotatable bonds is 5. The second-order valence-corrected chi connectivity index (χ2v) is 7.95. The van der Waals surface area contributed by atoms with E-state index >= 15 is 0 Å². The molecule has 0 bridgehead atoms. The monoisotopic (exact) mass is 392 g/mol. The van der Waals surface area contributed by atoms with Gasteiger partial charge in [0.15, 0.2) is 0 Å². The van der Waals surface area contributed by atoms with E-state index in [2.05, 4.69) is 16.4 Å². The predicted octanol–water partition coefficient (Wildman–Crippen LogP) is 3.44. The van der Waals surface area contributed by atoms with E-state index in [0.717, 1.165) is 40.1 Å². The molecule has 3 N–H and O–H groups in total. The summed E-state index contributed by atoms with van der Waals surface area (Å²) in [5.41, 5.74) is 3.98. The van der Waals surface area contributed by atoms with E-state index in [1.165, 1.54) is 20.0 Å². The van der Waals surface area contributed by atoms with Crippen LogP contribution in [0.25, 0.3) is 10.9 Å². The molecule has 1 saturated carbocycles. The summed E-state index contributed by atoms with van der Waals surface area (Å²) in [6.45, 7) is 0.760. The van der Waals surface area contributed by atoms with Gasteiger partial charge in [-0.1, -0.05) is 12.1 Å². The summed E-state index contributed by atoms with van der Waals surface area (Å²) < 4.78 is 11.0. The fourth-order valence-electron chi connectivity index (χ4n) is 4.11. The number of aromatic hydroxyl groups is 1. The zero-order chi connectivity index (χ0) is 20.0. The Kier molecular flexibility index (Phi) is 4.43. The number of esters is 1. The van der Waals surface area contributed by atoms with E-state index in [-0.39, 0.29) is 17.8 Å². The number of aromatic nitrogens is 1. The lowest BCUT2D eigenvalue weighted by molar-refractivity contribution is -0.143. The van der Waals surface area contributed by atoms with Crippen molar-refractivity contribution >= 4 is 16.9 Å². The van der Waals surface area contributed by atoms with Gasteiger partial charge >= 0.3 is 5.97 Å². The Morgan fingerprint density at radius 2 is 2.07 bits per heavy atom. The fourth-order valence-corrected chi connectivity index (χ4v) is 4.11. The predicted molar refractivity (Wildman–Crippen MR) is 109 cm³/mol. The molecule has 2 aromatic carbocycles. The average Bonchev–Trinajstić information content (AvgIpc) is 3.50. The first kappa shape index (κ1) is 18.1. The zero-order valence-electron chi connectivity index (χ0n) is 16.3. The van der Waals surface area contributed by atoms with Crippen LogP contribution < -0.4 is 10.1 Å². The minimum Gasteiger partial charge on any atom is -0.508 e. The molecule has 29 heavy (non-hydrogen) atoms. The van der Waals surface area contributed by atoms with E-state index in [4.69, 9.17) is 9.47 Å². The lowest BCUT2D eigenvalue weighted by Gasteiger charge is -2.30. The first-order valence-corrected chi connectivity index (χ1v) is 10.0. The van der Waals surface area contributed by atoms with Crippen molar-refractivity contribution in [1.29, 1.82) is 0 Å². The molecule has 150 valence electrons. The standard InChI is InChI=1S/C23H24N2O4/c1-28-23(27)20-11-18-17-10-16(29-12-13-5-6-13)7-8-19(17)24-22(18)21(25-20)14-3-2-4-15(26)9-14/h2-4,7-10,13,20-21,24-26H,5-6,11-12H2,1H3. The normalized spacial score (nSPS) is 21.0. The number of ether oxygens (including phenoxy) is 2. The second kappa shape index (κ2) is 7.12. The number of H-pyrrole nitrogens is 1. The molecule has 0 saturated heterocycles. The molecule has 2 atom stereocenters. The number of carbonyl (C=O) groups excluding carboxylic acids is 1. The number of hydrogen-bond donors (Lipinski definition) is 3. The van der Waals surface area contributed by atoms with Gasteiger partial charge in [0.05, 0.1) is 19.8 Å². The van der Waals surface area contributed by atoms with Crippen LogP contribution in [0.1, 0.15) is 35.7 Å². The van der Waals surface area contributed by atoms with Crippen molar-refractivity contribution in [2.75, 3.05) is 13.7 Å². The van der Waals surface area contributed by atoms with Gasteiger partial charge in [0.2, 0.25) is 0 Å². The highest BCUT2D eigenvalue weighted by Crippen LogP contribution is 2.38. The molecule has 6 nitrogen and oxygen atoms in total. The van der Waals surface area contributed by atoms with Gasteiger partial charge in [0.25, 0.3) is 0 Å². The quantitative estimate of drug-likeness (QED) is 0.580. The summed E-state index contributed by atoms with van der Waals surface area (Å²) in [4.78, 5) is 15.9. The van der Waals surface area contributed by atoms with Gasteiger partial charge in [-0.3, -0.25) is 10.1 Å². The molecule has 2 heterocycles. The third-order valence-corrected chi connectivity index (χ3v) is 5.85. The number of nitrogens with one attached hydrogen (secondary N) is 2. The van der Waals surface area contributed by atoms with E-state index in [1.54, 1.807) is 18.2 Å². The maximum atomic E-state index is 12.4. The number of fused-ring (bicyclic) bond motifs is 3. The van der Waals surface area contributed by atoms with Crippen molar-refractivity contribution in [1.82, 2.24) is 10.3 Å². The van der Waals surface area contributed by atoms with E-state index in [1.807, 2.05) is 18.2 Å². The van der Waals surface area contributed by atoms with Gasteiger partial charge in [0, 0.05) is 23.0 Å². The topological polar surface area (TPSA) is 83.6 Å². The number of phenolic OH excluding ortho intramolecular Hbond substituents is 1. The van der Waals surface area contributed by atoms with Crippen molar-refractivity contribution in [2.45, 2.75) is 31.3 Å². The molecule has 0 amide bonds. The van der Waals surface area contributed by atoms with Crippen LogP contribution in [-0.2, 0) is 16.0 Å². The van der Waals surface area contributed by atoms with Crippen molar-refractivity contribution in [2.24, 2.45) is 5.92 Å². The molecule has 0 radical (unpaired) electrons.